The van der Waals surface area contributed by atoms with Crippen molar-refractivity contribution in [3.8, 4) is 0 Å². The highest BCUT2D eigenvalue weighted by Crippen LogP contribution is 2.39. The lowest BCUT2D eigenvalue weighted by molar-refractivity contribution is -0.191. The molecule has 0 radical (unpaired) electrons. The second kappa shape index (κ2) is 6.72. The molecule has 1 aliphatic carbocycles. The summed E-state index contributed by atoms with van der Waals surface area (Å²) in [6, 6.07) is 5.45. The smallest absolute Gasteiger partial charge is 0.330 e. The molecule has 0 spiro atoms. The Hall–Kier alpha value is -1.85. The Morgan fingerprint density at radius 1 is 1.26 bits per heavy atom. The van der Waals surface area contributed by atoms with Gasteiger partial charge >= 0.3 is 6.18 Å². The number of carbonyl (C=O) groups excluding carboxylic acids is 2. The Morgan fingerprint density at radius 2 is 1.87 bits per heavy atom. The normalized spacial score (nSPS) is 23.4. The summed E-state index contributed by atoms with van der Waals surface area (Å²) in [7, 11) is 1.19. The molecule has 3 nitrogen and oxygen atoms in total. The number of Topliss-reactive ketones (excluding diaryl/α,β-unsaturated/α-hetero) is 1. The lowest BCUT2D eigenvalue weighted by Crippen LogP contribution is -2.45. The molecule has 1 fully saturated rings. The summed E-state index contributed by atoms with van der Waals surface area (Å²) in [5.41, 5.74) is 0.0374. The van der Waals surface area contributed by atoms with E-state index in [0.717, 1.165) is 4.90 Å². The van der Waals surface area contributed by atoms with Crippen molar-refractivity contribution in [1.82, 2.24) is 4.90 Å². The molecule has 23 heavy (non-hydrogen) atoms. The van der Waals surface area contributed by atoms with Gasteiger partial charge in [-0.25, -0.2) is 0 Å². The van der Waals surface area contributed by atoms with Crippen LogP contribution in [0.2, 0.25) is 0 Å². The quantitative estimate of drug-likeness (QED) is 0.848. The third-order valence-electron chi connectivity index (χ3n) is 4.45. The summed E-state index contributed by atoms with van der Waals surface area (Å²) in [5.74, 6) is -1.24. The van der Waals surface area contributed by atoms with Crippen LogP contribution in [0.15, 0.2) is 30.3 Å². The van der Waals surface area contributed by atoms with Gasteiger partial charge in [0.1, 0.15) is 5.78 Å². The van der Waals surface area contributed by atoms with Gasteiger partial charge in [0.05, 0.1) is 0 Å². The first kappa shape index (κ1) is 17.5. The van der Waals surface area contributed by atoms with Crippen LogP contribution in [0.3, 0.4) is 0 Å². The van der Waals surface area contributed by atoms with Gasteiger partial charge in [0.15, 0.2) is 6.04 Å². The van der Waals surface area contributed by atoms with Crippen molar-refractivity contribution in [2.45, 2.75) is 38.4 Å². The van der Waals surface area contributed by atoms with Gasteiger partial charge in [0.25, 0.3) is 0 Å². The Morgan fingerprint density at radius 3 is 2.39 bits per heavy atom. The molecule has 2 rings (SSSR count). The fourth-order valence-electron chi connectivity index (χ4n) is 3.23. The van der Waals surface area contributed by atoms with Crippen LogP contribution in [-0.4, -0.2) is 29.8 Å². The van der Waals surface area contributed by atoms with Gasteiger partial charge in [-0.2, -0.15) is 13.2 Å². The van der Waals surface area contributed by atoms with Crippen LogP contribution in [0, 0.1) is 11.8 Å². The standard InChI is InChI=1S/C17H20F3NO2/c1-11-10-13(22)8-9-14(11)16(23)21(2)15(17(18,19)20)12-6-4-3-5-7-12/h3-7,11,14-15H,8-10H2,1-2H3/t11-,14-,15+/m1/s1. The minimum absolute atomic E-state index is 0.0374. The molecule has 0 N–H and O–H groups in total. The molecule has 126 valence electrons. The molecule has 0 bridgehead atoms. The van der Waals surface area contributed by atoms with Crippen LogP contribution >= 0.6 is 0 Å². The Labute approximate surface area is 133 Å². The average Bonchev–Trinajstić information content (AvgIpc) is 2.46. The fourth-order valence-corrected chi connectivity index (χ4v) is 3.23. The van der Waals surface area contributed by atoms with Crippen molar-refractivity contribution in [3.05, 3.63) is 35.9 Å². The first-order chi connectivity index (χ1) is 10.7. The first-order valence-corrected chi connectivity index (χ1v) is 7.62. The molecule has 0 unspecified atom stereocenters. The molecule has 6 heteroatoms. The van der Waals surface area contributed by atoms with Crippen molar-refractivity contribution in [2.24, 2.45) is 11.8 Å². The molecule has 0 saturated heterocycles. The van der Waals surface area contributed by atoms with Crippen LogP contribution < -0.4 is 0 Å². The molecule has 1 aromatic rings. The number of nitrogens with zero attached hydrogens (tertiary/aromatic N) is 1. The number of amides is 1. The molecular formula is C17H20F3NO2. The van der Waals surface area contributed by atoms with E-state index in [1.165, 1.54) is 31.3 Å². The lowest BCUT2D eigenvalue weighted by atomic mass is 9.79. The van der Waals surface area contributed by atoms with Crippen molar-refractivity contribution in [2.75, 3.05) is 7.05 Å². The summed E-state index contributed by atoms with van der Waals surface area (Å²) < 4.78 is 40.5. The summed E-state index contributed by atoms with van der Waals surface area (Å²) >= 11 is 0. The predicted molar refractivity (Wildman–Crippen MR) is 79.5 cm³/mol. The number of ketones is 1. The molecule has 1 amide bonds. The van der Waals surface area contributed by atoms with Gasteiger partial charge in [-0.15, -0.1) is 0 Å². The van der Waals surface area contributed by atoms with E-state index in [4.69, 9.17) is 0 Å². The lowest BCUT2D eigenvalue weighted by Gasteiger charge is -2.36. The zero-order chi connectivity index (χ0) is 17.2. The van der Waals surface area contributed by atoms with E-state index in [-0.39, 0.29) is 30.1 Å². The van der Waals surface area contributed by atoms with Gasteiger partial charge in [-0.3, -0.25) is 9.59 Å². The molecule has 0 aliphatic heterocycles. The van der Waals surface area contributed by atoms with Crippen LogP contribution in [0.5, 0.6) is 0 Å². The van der Waals surface area contributed by atoms with Gasteiger partial charge in [0, 0.05) is 25.8 Å². The largest absolute Gasteiger partial charge is 0.413 e. The molecular weight excluding hydrogens is 307 g/mol. The third kappa shape index (κ3) is 3.92. The van der Waals surface area contributed by atoms with E-state index >= 15 is 0 Å². The summed E-state index contributed by atoms with van der Waals surface area (Å²) in [6.45, 7) is 1.75. The second-order valence-electron chi connectivity index (χ2n) is 6.17. The maximum Gasteiger partial charge on any atom is 0.413 e. The molecule has 0 heterocycles. The number of hydrogen-bond acceptors (Lipinski definition) is 2. The zero-order valence-electron chi connectivity index (χ0n) is 13.1. The molecule has 1 aliphatic rings. The predicted octanol–water partition coefficient (Wildman–Crippen LogP) is 3.75. The monoisotopic (exact) mass is 327 g/mol. The minimum Gasteiger partial charge on any atom is -0.330 e. The Kier molecular flexibility index (Phi) is 5.12. The molecule has 3 atom stereocenters. The number of hydrogen-bond donors (Lipinski definition) is 0. The average molecular weight is 327 g/mol. The van der Waals surface area contributed by atoms with Gasteiger partial charge in [-0.05, 0) is 17.9 Å². The highest BCUT2D eigenvalue weighted by molar-refractivity contribution is 5.85. The Bertz CT molecular complexity index is 571. The third-order valence-corrected chi connectivity index (χ3v) is 4.45. The molecule has 1 saturated carbocycles. The topological polar surface area (TPSA) is 37.4 Å². The maximum absolute atomic E-state index is 13.5. The molecule has 0 aromatic heterocycles. The van der Waals surface area contributed by atoms with Crippen LogP contribution in [0.1, 0.15) is 37.8 Å². The van der Waals surface area contributed by atoms with E-state index in [1.807, 2.05) is 0 Å². The SMILES string of the molecule is C[C@@H]1CC(=O)CC[C@H]1C(=O)N(C)[C@@H](c1ccccc1)C(F)(F)F. The van der Waals surface area contributed by atoms with Crippen molar-refractivity contribution >= 4 is 11.7 Å². The first-order valence-electron chi connectivity index (χ1n) is 7.62. The van der Waals surface area contributed by atoms with Crippen LogP contribution in [0.4, 0.5) is 13.2 Å². The van der Waals surface area contributed by atoms with E-state index in [0.29, 0.717) is 6.42 Å². The maximum atomic E-state index is 13.5. The summed E-state index contributed by atoms with van der Waals surface area (Å²) in [4.78, 5) is 24.8. The van der Waals surface area contributed by atoms with E-state index in [2.05, 4.69) is 0 Å². The van der Waals surface area contributed by atoms with E-state index in [1.54, 1.807) is 13.0 Å². The van der Waals surface area contributed by atoms with Crippen LogP contribution in [0.25, 0.3) is 0 Å². The fraction of sp³-hybridized carbons (Fsp3) is 0.529. The minimum atomic E-state index is -4.56. The number of benzene rings is 1. The highest BCUT2D eigenvalue weighted by Gasteiger charge is 2.47. The summed E-state index contributed by atoms with van der Waals surface area (Å²) in [5, 5.41) is 0. The number of carbonyl (C=O) groups is 2. The van der Waals surface area contributed by atoms with Crippen LogP contribution in [-0.2, 0) is 9.59 Å². The molecule has 1 aromatic carbocycles. The van der Waals surface area contributed by atoms with Crippen molar-refractivity contribution in [3.63, 3.8) is 0 Å². The number of rotatable bonds is 3. The zero-order valence-corrected chi connectivity index (χ0v) is 13.1. The van der Waals surface area contributed by atoms with Gasteiger partial charge < -0.3 is 4.90 Å². The van der Waals surface area contributed by atoms with Crippen molar-refractivity contribution in [1.29, 1.82) is 0 Å². The van der Waals surface area contributed by atoms with Crippen molar-refractivity contribution < 1.29 is 22.8 Å². The number of alkyl halides is 3. The van der Waals surface area contributed by atoms with Gasteiger partial charge in [-0.1, -0.05) is 37.3 Å². The van der Waals surface area contributed by atoms with E-state index < -0.39 is 24.0 Å². The number of halogens is 3. The van der Waals surface area contributed by atoms with Gasteiger partial charge in [0.2, 0.25) is 5.91 Å². The highest BCUT2D eigenvalue weighted by atomic mass is 19.4. The second-order valence-corrected chi connectivity index (χ2v) is 6.17. The Balaban J connectivity index is 2.25. The summed E-state index contributed by atoms with van der Waals surface area (Å²) in [6.07, 6.45) is -3.72. The van der Waals surface area contributed by atoms with E-state index in [9.17, 15) is 22.8 Å².